The zero-order chi connectivity index (χ0) is 15.6. The van der Waals surface area contributed by atoms with Crippen LogP contribution in [0.25, 0.3) is 0 Å². The van der Waals surface area contributed by atoms with Crippen LogP contribution in [0.3, 0.4) is 0 Å². The topological polar surface area (TPSA) is 98.5 Å². The molecule has 8 heteroatoms. The molecule has 0 saturated heterocycles. The van der Waals surface area contributed by atoms with Crippen molar-refractivity contribution in [1.29, 1.82) is 0 Å². The van der Waals surface area contributed by atoms with Gasteiger partial charge in [-0.25, -0.2) is 4.79 Å². The van der Waals surface area contributed by atoms with E-state index in [-0.39, 0.29) is 12.6 Å². The number of aromatic nitrogens is 2. The van der Waals surface area contributed by atoms with E-state index in [1.54, 1.807) is 18.2 Å². The number of fused-ring (bicyclic) bond motifs is 1. The Morgan fingerprint density at radius 1 is 1.26 bits per heavy atom. The van der Waals surface area contributed by atoms with Crippen molar-refractivity contribution < 1.29 is 18.8 Å². The minimum Gasteiger partial charge on any atom is -0.486 e. The summed E-state index contributed by atoms with van der Waals surface area (Å²) in [6, 6.07) is 4.97. The predicted octanol–water partition coefficient (Wildman–Crippen LogP) is 2.04. The van der Waals surface area contributed by atoms with Gasteiger partial charge in [-0.05, 0) is 25.0 Å². The van der Waals surface area contributed by atoms with Gasteiger partial charge in [-0.1, -0.05) is 11.2 Å². The summed E-state index contributed by atoms with van der Waals surface area (Å²) >= 11 is 0. The molecular formula is C15H16N4O4. The van der Waals surface area contributed by atoms with Gasteiger partial charge in [0.25, 0.3) is 0 Å². The van der Waals surface area contributed by atoms with Crippen LogP contribution in [0.2, 0.25) is 0 Å². The highest BCUT2D eigenvalue weighted by molar-refractivity contribution is 5.91. The fourth-order valence-corrected chi connectivity index (χ4v) is 2.34. The van der Waals surface area contributed by atoms with Gasteiger partial charge >= 0.3 is 6.03 Å². The highest BCUT2D eigenvalue weighted by Crippen LogP contribution is 2.38. The molecule has 2 aliphatic rings. The Labute approximate surface area is 132 Å². The Kier molecular flexibility index (Phi) is 3.49. The van der Waals surface area contributed by atoms with E-state index < -0.39 is 0 Å². The van der Waals surface area contributed by atoms with Gasteiger partial charge < -0.3 is 24.6 Å². The summed E-state index contributed by atoms with van der Waals surface area (Å²) in [5.41, 5.74) is 0.559. The van der Waals surface area contributed by atoms with Gasteiger partial charge in [-0.15, -0.1) is 0 Å². The van der Waals surface area contributed by atoms with E-state index in [0.717, 1.165) is 18.7 Å². The normalized spacial score (nSPS) is 16.0. The molecule has 0 radical (unpaired) electrons. The molecule has 0 unspecified atom stereocenters. The third-order valence-corrected chi connectivity index (χ3v) is 3.64. The number of rotatable bonds is 4. The van der Waals surface area contributed by atoms with Crippen LogP contribution < -0.4 is 20.1 Å². The zero-order valence-electron chi connectivity index (χ0n) is 12.4. The minimum atomic E-state index is -0.376. The monoisotopic (exact) mass is 316 g/mol. The third kappa shape index (κ3) is 3.05. The summed E-state index contributed by atoms with van der Waals surface area (Å²) in [4.78, 5) is 16.3. The van der Waals surface area contributed by atoms with Gasteiger partial charge in [0, 0.05) is 5.92 Å². The van der Waals surface area contributed by atoms with Crippen molar-refractivity contribution >= 4 is 11.7 Å². The summed E-state index contributed by atoms with van der Waals surface area (Å²) in [5.74, 6) is 2.72. The lowest BCUT2D eigenvalue weighted by Gasteiger charge is -2.21. The van der Waals surface area contributed by atoms with Crippen LogP contribution >= 0.6 is 0 Å². The number of nitrogens with one attached hydrogen (secondary N) is 2. The fraction of sp³-hybridized carbons (Fsp3) is 0.400. The quantitative estimate of drug-likeness (QED) is 0.895. The highest BCUT2D eigenvalue weighted by atomic mass is 16.6. The Hall–Kier alpha value is -2.77. The Morgan fingerprint density at radius 3 is 3.00 bits per heavy atom. The van der Waals surface area contributed by atoms with Crippen molar-refractivity contribution in [2.45, 2.75) is 25.3 Å². The smallest absolute Gasteiger partial charge is 0.319 e. The number of hydrogen-bond acceptors (Lipinski definition) is 6. The number of amides is 2. The van der Waals surface area contributed by atoms with Gasteiger partial charge in [0.15, 0.2) is 17.3 Å². The molecule has 23 heavy (non-hydrogen) atoms. The lowest BCUT2D eigenvalue weighted by molar-refractivity contribution is 0.172. The largest absolute Gasteiger partial charge is 0.486 e. The predicted molar refractivity (Wildman–Crippen MR) is 79.6 cm³/mol. The minimum absolute atomic E-state index is 0.179. The van der Waals surface area contributed by atoms with Crippen LogP contribution in [0, 0.1) is 0 Å². The summed E-state index contributed by atoms with van der Waals surface area (Å²) in [6.45, 7) is 1.14. The van der Waals surface area contributed by atoms with Crippen molar-refractivity contribution in [2.75, 3.05) is 18.5 Å². The maximum absolute atomic E-state index is 12.0. The second-order valence-electron chi connectivity index (χ2n) is 5.46. The summed E-state index contributed by atoms with van der Waals surface area (Å²) in [6.07, 6.45) is 2.21. The number of carbonyl (C=O) groups excluding carboxylic acids is 1. The number of para-hydroxylation sites is 1. The van der Waals surface area contributed by atoms with E-state index in [1.807, 2.05) is 0 Å². The number of urea groups is 1. The van der Waals surface area contributed by atoms with E-state index in [1.165, 1.54) is 0 Å². The SMILES string of the molecule is O=C(NCc1nc(C2CC2)no1)Nc1cccc2c1OCCO2. The van der Waals surface area contributed by atoms with E-state index in [0.29, 0.717) is 42.2 Å². The molecule has 1 aromatic carbocycles. The second-order valence-corrected chi connectivity index (χ2v) is 5.46. The van der Waals surface area contributed by atoms with E-state index >= 15 is 0 Å². The first kappa shape index (κ1) is 13.9. The molecule has 2 N–H and O–H groups in total. The molecule has 1 aromatic heterocycles. The van der Waals surface area contributed by atoms with E-state index in [4.69, 9.17) is 14.0 Å². The van der Waals surface area contributed by atoms with Crippen LogP contribution in [0.1, 0.15) is 30.5 Å². The molecule has 2 aromatic rings. The molecule has 1 aliphatic heterocycles. The van der Waals surface area contributed by atoms with Gasteiger partial charge in [0.2, 0.25) is 5.89 Å². The number of hydrogen-bond donors (Lipinski definition) is 2. The molecule has 1 fully saturated rings. The molecule has 1 saturated carbocycles. The van der Waals surface area contributed by atoms with Crippen molar-refractivity contribution in [2.24, 2.45) is 0 Å². The molecule has 0 bridgehead atoms. The molecular weight excluding hydrogens is 300 g/mol. The lowest BCUT2D eigenvalue weighted by atomic mass is 10.2. The highest BCUT2D eigenvalue weighted by Gasteiger charge is 2.28. The van der Waals surface area contributed by atoms with Crippen LogP contribution in [0.4, 0.5) is 10.5 Å². The van der Waals surface area contributed by atoms with Crippen molar-refractivity contribution in [3.63, 3.8) is 0 Å². The Balaban J connectivity index is 1.36. The van der Waals surface area contributed by atoms with Crippen molar-refractivity contribution in [3.8, 4) is 11.5 Å². The number of ether oxygens (including phenoxy) is 2. The fourth-order valence-electron chi connectivity index (χ4n) is 2.34. The molecule has 2 heterocycles. The van der Waals surface area contributed by atoms with Crippen LogP contribution in [0.15, 0.2) is 22.7 Å². The summed E-state index contributed by atoms with van der Waals surface area (Å²) < 4.78 is 16.1. The van der Waals surface area contributed by atoms with Gasteiger partial charge in [-0.2, -0.15) is 4.98 Å². The Morgan fingerprint density at radius 2 is 2.13 bits per heavy atom. The number of anilines is 1. The molecule has 0 spiro atoms. The second kappa shape index (κ2) is 5.79. The maximum Gasteiger partial charge on any atom is 0.319 e. The summed E-state index contributed by atoms with van der Waals surface area (Å²) in [5, 5.41) is 9.32. The van der Waals surface area contributed by atoms with Crippen LogP contribution in [-0.4, -0.2) is 29.4 Å². The molecule has 1 aliphatic carbocycles. The number of carbonyl (C=O) groups is 1. The molecule has 120 valence electrons. The standard InChI is InChI=1S/C15H16N4O4/c20-15(16-8-12-18-14(19-23-12)9-4-5-9)17-10-2-1-3-11-13(10)22-7-6-21-11/h1-3,9H,4-8H2,(H2,16,17,20). The van der Waals surface area contributed by atoms with Crippen molar-refractivity contribution in [1.82, 2.24) is 15.5 Å². The average Bonchev–Trinajstić information content (AvgIpc) is 3.32. The first-order valence-electron chi connectivity index (χ1n) is 7.55. The van der Waals surface area contributed by atoms with Crippen LogP contribution in [0.5, 0.6) is 11.5 Å². The van der Waals surface area contributed by atoms with Gasteiger partial charge in [0.05, 0.1) is 12.2 Å². The van der Waals surface area contributed by atoms with Gasteiger partial charge in [-0.3, -0.25) is 0 Å². The lowest BCUT2D eigenvalue weighted by Crippen LogP contribution is -2.29. The maximum atomic E-state index is 12.0. The number of nitrogens with zero attached hydrogens (tertiary/aromatic N) is 2. The van der Waals surface area contributed by atoms with Crippen molar-refractivity contribution in [3.05, 3.63) is 29.9 Å². The first-order valence-corrected chi connectivity index (χ1v) is 7.55. The molecule has 4 rings (SSSR count). The van der Waals surface area contributed by atoms with Crippen LogP contribution in [-0.2, 0) is 6.54 Å². The molecule has 0 atom stereocenters. The first-order chi connectivity index (χ1) is 11.3. The zero-order valence-corrected chi connectivity index (χ0v) is 12.4. The van der Waals surface area contributed by atoms with Gasteiger partial charge in [0.1, 0.15) is 13.2 Å². The molecule has 2 amide bonds. The molecule has 8 nitrogen and oxygen atoms in total. The van der Waals surface area contributed by atoms with E-state index in [2.05, 4.69) is 20.8 Å². The Bertz CT molecular complexity index is 726. The average molecular weight is 316 g/mol. The van der Waals surface area contributed by atoms with E-state index in [9.17, 15) is 4.79 Å². The third-order valence-electron chi connectivity index (χ3n) is 3.64. The summed E-state index contributed by atoms with van der Waals surface area (Å²) in [7, 11) is 0. The number of benzene rings is 1.